The molecule has 4 heteroatoms. The van der Waals surface area contributed by atoms with Gasteiger partial charge in [-0.25, -0.2) is 0 Å². The van der Waals surface area contributed by atoms with E-state index in [2.05, 4.69) is 51.0 Å². The second-order valence-electron chi connectivity index (χ2n) is 6.19. The number of nitrogens with one attached hydrogen (secondary N) is 1. The third-order valence-corrected chi connectivity index (χ3v) is 3.08. The molecule has 0 bridgehead atoms. The fourth-order valence-corrected chi connectivity index (χ4v) is 1.72. The first kappa shape index (κ1) is 16.2. The number of likely N-dealkylation sites (N-methyl/N-ethyl adjacent to an activating group) is 1. The molecular formula is C15H28N2O2. The van der Waals surface area contributed by atoms with Crippen molar-refractivity contribution in [1.29, 1.82) is 0 Å². The summed E-state index contributed by atoms with van der Waals surface area (Å²) in [6.07, 6.45) is 0. The van der Waals surface area contributed by atoms with Crippen molar-refractivity contribution in [2.75, 3.05) is 20.8 Å². The highest BCUT2D eigenvalue weighted by molar-refractivity contribution is 5.07. The van der Waals surface area contributed by atoms with Crippen molar-refractivity contribution >= 4 is 0 Å². The quantitative estimate of drug-likeness (QED) is 0.825. The summed E-state index contributed by atoms with van der Waals surface area (Å²) in [5.74, 6) is 1.98. The van der Waals surface area contributed by atoms with Crippen molar-refractivity contribution in [3.63, 3.8) is 0 Å². The lowest BCUT2D eigenvalue weighted by Crippen LogP contribution is -2.34. The highest BCUT2D eigenvalue weighted by atomic mass is 16.5. The third kappa shape index (κ3) is 6.23. The van der Waals surface area contributed by atoms with Gasteiger partial charge in [0.05, 0.1) is 19.7 Å². The van der Waals surface area contributed by atoms with Gasteiger partial charge < -0.3 is 14.5 Å². The van der Waals surface area contributed by atoms with E-state index >= 15 is 0 Å². The highest BCUT2D eigenvalue weighted by Gasteiger charge is 2.13. The van der Waals surface area contributed by atoms with E-state index in [0.717, 1.165) is 31.2 Å². The second kappa shape index (κ2) is 7.08. The van der Waals surface area contributed by atoms with Gasteiger partial charge in [-0.1, -0.05) is 0 Å². The van der Waals surface area contributed by atoms with Gasteiger partial charge >= 0.3 is 0 Å². The largest absolute Gasteiger partial charge is 0.463 e. The lowest BCUT2D eigenvalue weighted by Gasteiger charge is -2.22. The predicted octanol–water partition coefficient (Wildman–Crippen LogP) is 2.63. The Bertz CT molecular complexity index is 368. The maximum atomic E-state index is 5.83. The van der Waals surface area contributed by atoms with Crippen molar-refractivity contribution < 1.29 is 9.15 Å². The van der Waals surface area contributed by atoms with Crippen LogP contribution in [0.2, 0.25) is 0 Å². The van der Waals surface area contributed by atoms with Crippen LogP contribution >= 0.6 is 0 Å². The Kier molecular flexibility index (Phi) is 6.04. The van der Waals surface area contributed by atoms with Crippen LogP contribution in [0.1, 0.15) is 39.2 Å². The molecule has 0 aromatic carbocycles. The Labute approximate surface area is 117 Å². The molecule has 19 heavy (non-hydrogen) atoms. The lowest BCUT2D eigenvalue weighted by atomic mass is 10.1. The van der Waals surface area contributed by atoms with Crippen molar-refractivity contribution in [2.24, 2.45) is 0 Å². The van der Waals surface area contributed by atoms with Crippen molar-refractivity contribution in [2.45, 2.75) is 52.4 Å². The fraction of sp³-hybridized carbons (Fsp3) is 0.733. The Morgan fingerprint density at radius 3 is 2.53 bits per heavy atom. The number of hydrogen-bond donors (Lipinski definition) is 1. The van der Waals surface area contributed by atoms with E-state index in [9.17, 15) is 0 Å². The number of methoxy groups -OCH3 is 1. The van der Waals surface area contributed by atoms with Gasteiger partial charge in [-0.05, 0) is 46.9 Å². The molecule has 1 N–H and O–H groups in total. The molecule has 1 rings (SSSR count). The molecule has 1 atom stereocenters. The Hall–Kier alpha value is -0.840. The van der Waals surface area contributed by atoms with Gasteiger partial charge in [-0.2, -0.15) is 0 Å². The average molecular weight is 268 g/mol. The summed E-state index contributed by atoms with van der Waals surface area (Å²) >= 11 is 0. The molecule has 4 nitrogen and oxygen atoms in total. The fourth-order valence-electron chi connectivity index (χ4n) is 1.72. The summed E-state index contributed by atoms with van der Waals surface area (Å²) < 4.78 is 11.0. The summed E-state index contributed by atoms with van der Waals surface area (Å²) in [6, 6.07) is 4.48. The van der Waals surface area contributed by atoms with Gasteiger partial charge in [0.1, 0.15) is 11.5 Å². The van der Waals surface area contributed by atoms with Gasteiger partial charge in [0, 0.05) is 18.7 Å². The van der Waals surface area contributed by atoms with Crippen molar-refractivity contribution in [3.05, 3.63) is 23.7 Å². The third-order valence-electron chi connectivity index (χ3n) is 3.08. The highest BCUT2D eigenvalue weighted by Crippen LogP contribution is 2.12. The van der Waals surface area contributed by atoms with Crippen LogP contribution in [0.15, 0.2) is 16.5 Å². The number of hydrogen-bond acceptors (Lipinski definition) is 4. The summed E-state index contributed by atoms with van der Waals surface area (Å²) in [6.45, 7) is 10.9. The average Bonchev–Trinajstić information content (AvgIpc) is 2.73. The number of ether oxygens (including phenoxy) is 1. The second-order valence-corrected chi connectivity index (χ2v) is 6.19. The van der Waals surface area contributed by atoms with Gasteiger partial charge in [-0.15, -0.1) is 0 Å². The van der Waals surface area contributed by atoms with Crippen LogP contribution in [0.3, 0.4) is 0 Å². The molecule has 110 valence electrons. The topological polar surface area (TPSA) is 37.6 Å². The lowest BCUT2D eigenvalue weighted by molar-refractivity contribution is 0.107. The van der Waals surface area contributed by atoms with Crippen LogP contribution in [0.4, 0.5) is 0 Å². The Balaban J connectivity index is 2.46. The van der Waals surface area contributed by atoms with Gasteiger partial charge in [-0.3, -0.25) is 4.90 Å². The zero-order valence-electron chi connectivity index (χ0n) is 13.1. The molecule has 1 unspecified atom stereocenters. The van der Waals surface area contributed by atoms with Crippen molar-refractivity contribution in [3.8, 4) is 0 Å². The molecule has 0 spiro atoms. The summed E-state index contributed by atoms with van der Waals surface area (Å²) in [5, 5.41) is 3.42. The van der Waals surface area contributed by atoms with E-state index in [1.165, 1.54) is 0 Å². The Morgan fingerprint density at radius 2 is 1.95 bits per heavy atom. The molecule has 0 amide bonds. The van der Waals surface area contributed by atoms with Crippen LogP contribution in [0.5, 0.6) is 0 Å². The zero-order chi connectivity index (χ0) is 14.5. The summed E-state index contributed by atoms with van der Waals surface area (Å²) in [5.41, 5.74) is 0.108. The number of furan rings is 1. The van der Waals surface area contributed by atoms with Crippen LogP contribution < -0.4 is 5.32 Å². The summed E-state index contributed by atoms with van der Waals surface area (Å²) in [7, 11) is 3.81. The maximum absolute atomic E-state index is 5.83. The molecule has 1 aromatic rings. The van der Waals surface area contributed by atoms with Crippen LogP contribution in [0.25, 0.3) is 0 Å². The molecular weight excluding hydrogens is 240 g/mol. The van der Waals surface area contributed by atoms with E-state index in [-0.39, 0.29) is 5.54 Å². The predicted molar refractivity (Wildman–Crippen MR) is 78.1 cm³/mol. The minimum Gasteiger partial charge on any atom is -0.463 e. The first-order chi connectivity index (χ1) is 8.81. The van der Waals surface area contributed by atoms with E-state index in [0.29, 0.717) is 6.04 Å². The molecule has 0 saturated carbocycles. The van der Waals surface area contributed by atoms with E-state index in [1.54, 1.807) is 7.11 Å². The van der Waals surface area contributed by atoms with E-state index in [4.69, 9.17) is 9.15 Å². The van der Waals surface area contributed by atoms with Crippen LogP contribution in [-0.2, 0) is 17.8 Å². The van der Waals surface area contributed by atoms with Gasteiger partial charge in [0.2, 0.25) is 0 Å². The first-order valence-electron chi connectivity index (χ1n) is 6.83. The SMILES string of the molecule is COCC(C)N(C)Cc1ccc(CNC(C)(C)C)o1. The standard InChI is InChI=1S/C15H28N2O2/c1-12(11-18-6)17(5)10-14-8-7-13(19-14)9-16-15(2,3)4/h7-8,12,16H,9-11H2,1-6H3. The summed E-state index contributed by atoms with van der Waals surface area (Å²) in [4.78, 5) is 2.23. The van der Waals surface area contributed by atoms with Crippen LogP contribution in [-0.4, -0.2) is 37.2 Å². The molecule has 0 fully saturated rings. The monoisotopic (exact) mass is 268 g/mol. The first-order valence-corrected chi connectivity index (χ1v) is 6.83. The molecule has 0 aliphatic carbocycles. The smallest absolute Gasteiger partial charge is 0.118 e. The molecule has 0 saturated heterocycles. The van der Waals surface area contributed by atoms with Gasteiger partial charge in [0.25, 0.3) is 0 Å². The maximum Gasteiger partial charge on any atom is 0.118 e. The molecule has 0 aliphatic heterocycles. The molecule has 1 heterocycles. The molecule has 1 aromatic heterocycles. The van der Waals surface area contributed by atoms with E-state index in [1.807, 2.05) is 6.07 Å². The minimum absolute atomic E-state index is 0.108. The minimum atomic E-state index is 0.108. The normalized spacial score (nSPS) is 14.1. The zero-order valence-corrected chi connectivity index (χ0v) is 13.1. The van der Waals surface area contributed by atoms with Crippen LogP contribution in [0, 0.1) is 0 Å². The molecule has 0 radical (unpaired) electrons. The number of nitrogens with zero attached hydrogens (tertiary/aromatic N) is 1. The Morgan fingerprint density at radius 1 is 1.32 bits per heavy atom. The molecule has 0 aliphatic rings. The number of rotatable bonds is 7. The van der Waals surface area contributed by atoms with Gasteiger partial charge in [0.15, 0.2) is 0 Å². The van der Waals surface area contributed by atoms with Crippen molar-refractivity contribution in [1.82, 2.24) is 10.2 Å². The van der Waals surface area contributed by atoms with E-state index < -0.39 is 0 Å².